The van der Waals surface area contributed by atoms with Crippen molar-refractivity contribution in [1.82, 2.24) is 4.90 Å². The van der Waals surface area contributed by atoms with Gasteiger partial charge in [-0.3, -0.25) is 9.69 Å². The fraction of sp³-hybridized carbons (Fsp3) is 0.462. The lowest BCUT2D eigenvalue weighted by Crippen LogP contribution is -2.38. The highest BCUT2D eigenvalue weighted by Crippen LogP contribution is 2.18. The molecule has 4 heteroatoms. The Hall–Kier alpha value is -1.42. The lowest BCUT2D eigenvalue weighted by atomic mass is 9.98. The van der Waals surface area contributed by atoms with Gasteiger partial charge in [-0.25, -0.2) is 4.39 Å². The minimum atomic E-state index is -0.728. The molecule has 1 N–H and O–H groups in total. The number of carbonyl (C=O) groups is 1. The van der Waals surface area contributed by atoms with E-state index in [0.29, 0.717) is 13.1 Å². The summed E-state index contributed by atoms with van der Waals surface area (Å²) in [4.78, 5) is 13.0. The second kappa shape index (κ2) is 5.27. The molecule has 1 atom stereocenters. The molecular weight excluding hydrogens is 221 g/mol. The van der Waals surface area contributed by atoms with Gasteiger partial charge >= 0.3 is 5.97 Å². The number of hydrogen-bond donors (Lipinski definition) is 1. The van der Waals surface area contributed by atoms with Gasteiger partial charge in [-0.1, -0.05) is 12.1 Å². The van der Waals surface area contributed by atoms with Crippen LogP contribution in [0.3, 0.4) is 0 Å². The third-order valence-electron chi connectivity index (χ3n) is 3.15. The van der Waals surface area contributed by atoms with Crippen LogP contribution in [0.15, 0.2) is 24.3 Å². The Bertz CT molecular complexity index is 408. The van der Waals surface area contributed by atoms with Crippen molar-refractivity contribution in [1.29, 1.82) is 0 Å². The summed E-state index contributed by atoms with van der Waals surface area (Å²) in [6, 6.07) is 6.47. The highest BCUT2D eigenvalue weighted by Gasteiger charge is 2.25. The number of nitrogens with zero attached hydrogens (tertiary/aromatic N) is 1. The van der Waals surface area contributed by atoms with Crippen LogP contribution in [0.4, 0.5) is 4.39 Å². The van der Waals surface area contributed by atoms with E-state index in [1.807, 2.05) is 6.07 Å². The fourth-order valence-electron chi connectivity index (χ4n) is 2.29. The number of likely N-dealkylation sites (tertiary alicyclic amines) is 1. The van der Waals surface area contributed by atoms with Crippen LogP contribution in [0.1, 0.15) is 18.4 Å². The molecule has 0 spiro atoms. The van der Waals surface area contributed by atoms with Crippen LogP contribution in [0, 0.1) is 11.7 Å². The molecule has 1 aromatic carbocycles. The summed E-state index contributed by atoms with van der Waals surface area (Å²) >= 11 is 0. The SMILES string of the molecule is O=C(O)C1CCCN(Cc2cccc(F)c2)C1. The summed E-state index contributed by atoms with van der Waals surface area (Å²) in [5.74, 6) is -1.25. The quantitative estimate of drug-likeness (QED) is 0.875. The smallest absolute Gasteiger partial charge is 0.307 e. The molecule has 1 heterocycles. The number of aliphatic carboxylic acids is 1. The molecule has 1 aliphatic rings. The Morgan fingerprint density at radius 1 is 1.53 bits per heavy atom. The van der Waals surface area contributed by atoms with E-state index in [9.17, 15) is 9.18 Å². The number of hydrogen-bond acceptors (Lipinski definition) is 2. The molecule has 17 heavy (non-hydrogen) atoms. The van der Waals surface area contributed by atoms with Crippen LogP contribution in [-0.2, 0) is 11.3 Å². The zero-order chi connectivity index (χ0) is 12.3. The summed E-state index contributed by atoms with van der Waals surface area (Å²) in [5, 5.41) is 8.98. The number of carboxylic acids is 1. The van der Waals surface area contributed by atoms with E-state index in [2.05, 4.69) is 4.90 Å². The molecule has 0 radical (unpaired) electrons. The van der Waals surface area contributed by atoms with E-state index < -0.39 is 5.97 Å². The Balaban J connectivity index is 1.97. The van der Waals surface area contributed by atoms with Crippen LogP contribution in [-0.4, -0.2) is 29.1 Å². The van der Waals surface area contributed by atoms with Crippen LogP contribution in [0.5, 0.6) is 0 Å². The second-order valence-electron chi connectivity index (χ2n) is 4.54. The Kier molecular flexibility index (Phi) is 3.74. The molecule has 0 aromatic heterocycles. The summed E-state index contributed by atoms with van der Waals surface area (Å²) in [5.41, 5.74) is 0.899. The second-order valence-corrected chi connectivity index (χ2v) is 4.54. The predicted octanol–water partition coefficient (Wildman–Crippen LogP) is 2.12. The van der Waals surface area contributed by atoms with Crippen molar-refractivity contribution in [2.75, 3.05) is 13.1 Å². The van der Waals surface area contributed by atoms with Gasteiger partial charge < -0.3 is 5.11 Å². The van der Waals surface area contributed by atoms with Gasteiger partial charge in [0.1, 0.15) is 5.82 Å². The fourth-order valence-corrected chi connectivity index (χ4v) is 2.29. The standard InChI is InChI=1S/C13H16FNO2/c14-12-5-1-3-10(7-12)8-15-6-2-4-11(9-15)13(16)17/h1,3,5,7,11H,2,4,6,8-9H2,(H,16,17). The average molecular weight is 237 g/mol. The first-order valence-electron chi connectivity index (χ1n) is 5.85. The van der Waals surface area contributed by atoms with Crippen LogP contribution in [0.25, 0.3) is 0 Å². The van der Waals surface area contributed by atoms with Gasteiger partial charge in [-0.15, -0.1) is 0 Å². The number of rotatable bonds is 3. The van der Waals surface area contributed by atoms with Crippen LogP contribution in [0.2, 0.25) is 0 Å². The summed E-state index contributed by atoms with van der Waals surface area (Å²) < 4.78 is 13.0. The average Bonchev–Trinajstić information content (AvgIpc) is 2.29. The Morgan fingerprint density at radius 3 is 3.06 bits per heavy atom. The Labute approximate surface area is 99.9 Å². The van der Waals surface area contributed by atoms with E-state index in [1.54, 1.807) is 6.07 Å². The number of carboxylic acid groups (broad SMARTS) is 1. The topological polar surface area (TPSA) is 40.5 Å². The van der Waals surface area contributed by atoms with Crippen molar-refractivity contribution in [3.63, 3.8) is 0 Å². The van der Waals surface area contributed by atoms with Gasteiger partial charge in [-0.05, 0) is 37.1 Å². The van der Waals surface area contributed by atoms with Crippen LogP contribution < -0.4 is 0 Å². The molecule has 0 amide bonds. The summed E-state index contributed by atoms with van der Waals surface area (Å²) in [6.07, 6.45) is 1.64. The lowest BCUT2D eigenvalue weighted by molar-refractivity contribution is -0.143. The minimum Gasteiger partial charge on any atom is -0.481 e. The summed E-state index contributed by atoms with van der Waals surface area (Å²) in [7, 11) is 0. The van der Waals surface area contributed by atoms with E-state index in [4.69, 9.17) is 5.11 Å². The maximum absolute atomic E-state index is 13.0. The maximum Gasteiger partial charge on any atom is 0.307 e. The van der Waals surface area contributed by atoms with Crippen molar-refractivity contribution in [2.24, 2.45) is 5.92 Å². The van der Waals surface area contributed by atoms with Gasteiger partial charge in [0.25, 0.3) is 0 Å². The van der Waals surface area contributed by atoms with E-state index in [0.717, 1.165) is 24.9 Å². The first-order valence-corrected chi connectivity index (χ1v) is 5.85. The van der Waals surface area contributed by atoms with Crippen molar-refractivity contribution < 1.29 is 14.3 Å². The molecule has 1 unspecified atom stereocenters. The number of benzene rings is 1. The van der Waals surface area contributed by atoms with Gasteiger partial charge in [-0.2, -0.15) is 0 Å². The van der Waals surface area contributed by atoms with E-state index in [1.165, 1.54) is 12.1 Å². The summed E-state index contributed by atoms with van der Waals surface area (Å²) in [6.45, 7) is 2.08. The molecular formula is C13H16FNO2. The zero-order valence-corrected chi connectivity index (χ0v) is 9.60. The molecule has 1 aliphatic heterocycles. The molecule has 1 fully saturated rings. The molecule has 92 valence electrons. The molecule has 2 rings (SSSR count). The third kappa shape index (κ3) is 3.27. The van der Waals surface area contributed by atoms with Gasteiger partial charge in [0.2, 0.25) is 0 Å². The monoisotopic (exact) mass is 237 g/mol. The predicted molar refractivity (Wildman–Crippen MR) is 62.0 cm³/mol. The first-order chi connectivity index (χ1) is 8.15. The van der Waals surface area contributed by atoms with E-state index >= 15 is 0 Å². The highest BCUT2D eigenvalue weighted by molar-refractivity contribution is 5.70. The van der Waals surface area contributed by atoms with Crippen molar-refractivity contribution in [3.05, 3.63) is 35.6 Å². The zero-order valence-electron chi connectivity index (χ0n) is 9.60. The molecule has 0 bridgehead atoms. The molecule has 1 aromatic rings. The molecule has 0 saturated carbocycles. The van der Waals surface area contributed by atoms with Gasteiger partial charge in [0, 0.05) is 13.1 Å². The highest BCUT2D eigenvalue weighted by atomic mass is 19.1. The molecule has 1 saturated heterocycles. The molecule has 0 aliphatic carbocycles. The first kappa shape index (κ1) is 12.0. The van der Waals surface area contributed by atoms with Crippen molar-refractivity contribution in [2.45, 2.75) is 19.4 Å². The molecule has 3 nitrogen and oxygen atoms in total. The third-order valence-corrected chi connectivity index (χ3v) is 3.15. The lowest BCUT2D eigenvalue weighted by Gasteiger charge is -2.30. The van der Waals surface area contributed by atoms with E-state index in [-0.39, 0.29) is 11.7 Å². The normalized spacial score (nSPS) is 21.4. The number of halogens is 1. The van der Waals surface area contributed by atoms with Crippen molar-refractivity contribution >= 4 is 5.97 Å². The van der Waals surface area contributed by atoms with Crippen LogP contribution >= 0.6 is 0 Å². The number of piperidine rings is 1. The Morgan fingerprint density at radius 2 is 2.35 bits per heavy atom. The van der Waals surface area contributed by atoms with Crippen molar-refractivity contribution in [3.8, 4) is 0 Å². The van der Waals surface area contributed by atoms with Gasteiger partial charge in [0.05, 0.1) is 5.92 Å². The largest absolute Gasteiger partial charge is 0.481 e. The maximum atomic E-state index is 13.0. The minimum absolute atomic E-state index is 0.241. The van der Waals surface area contributed by atoms with Gasteiger partial charge in [0.15, 0.2) is 0 Å².